The minimum absolute atomic E-state index is 0.0135. The first kappa shape index (κ1) is 15.9. The predicted octanol–water partition coefficient (Wildman–Crippen LogP) is 1.74. The maximum absolute atomic E-state index is 12.4. The van der Waals surface area contributed by atoms with Crippen LogP contribution in [0.1, 0.15) is 15.9 Å². The van der Waals surface area contributed by atoms with Crippen LogP contribution in [0.5, 0.6) is 0 Å². The van der Waals surface area contributed by atoms with Gasteiger partial charge in [0.05, 0.1) is 15.8 Å². The molecule has 25 heavy (non-hydrogen) atoms. The molecule has 8 heteroatoms. The lowest BCUT2D eigenvalue weighted by molar-refractivity contribution is 0.0735. The van der Waals surface area contributed by atoms with Gasteiger partial charge in [-0.3, -0.25) is 9.78 Å². The van der Waals surface area contributed by atoms with Crippen LogP contribution in [0.4, 0.5) is 5.95 Å². The Balaban J connectivity index is 1.39. The Morgan fingerprint density at radius 1 is 1.20 bits per heavy atom. The number of rotatable bonds is 4. The molecule has 4 heterocycles. The van der Waals surface area contributed by atoms with Gasteiger partial charge in [0.1, 0.15) is 0 Å². The van der Waals surface area contributed by atoms with Gasteiger partial charge in [-0.2, -0.15) is 0 Å². The number of pyridine rings is 1. The molecule has 1 amide bonds. The molecule has 1 aliphatic rings. The van der Waals surface area contributed by atoms with Crippen LogP contribution in [0, 0.1) is 0 Å². The highest BCUT2D eigenvalue weighted by Crippen LogP contribution is 2.19. The Morgan fingerprint density at radius 2 is 2.00 bits per heavy atom. The number of carbonyl (C=O) groups is 1. The van der Waals surface area contributed by atoms with Gasteiger partial charge >= 0.3 is 0 Å². The number of amides is 1. The van der Waals surface area contributed by atoms with E-state index in [-0.39, 0.29) is 5.91 Å². The fourth-order valence-electron chi connectivity index (χ4n) is 2.75. The van der Waals surface area contributed by atoms with E-state index >= 15 is 0 Å². The highest BCUT2D eigenvalue weighted by atomic mass is 32.1. The third kappa shape index (κ3) is 3.59. The number of carbonyl (C=O) groups excluding carboxylic acids is 1. The number of fused-ring (bicyclic) bond motifs is 1. The highest BCUT2D eigenvalue weighted by molar-refractivity contribution is 7.17. The van der Waals surface area contributed by atoms with Crippen LogP contribution in [-0.4, -0.2) is 51.9 Å². The summed E-state index contributed by atoms with van der Waals surface area (Å²) < 4.78 is 1.16. The van der Waals surface area contributed by atoms with E-state index in [1.54, 1.807) is 23.7 Å². The van der Waals surface area contributed by atoms with E-state index in [9.17, 15) is 4.79 Å². The average molecular weight is 354 g/mol. The molecule has 1 fully saturated rings. The van der Waals surface area contributed by atoms with E-state index in [1.807, 2.05) is 22.5 Å². The summed E-state index contributed by atoms with van der Waals surface area (Å²) >= 11 is 1.67. The van der Waals surface area contributed by atoms with Crippen molar-refractivity contribution in [3.8, 4) is 0 Å². The summed E-state index contributed by atoms with van der Waals surface area (Å²) in [7, 11) is 0. The fourth-order valence-corrected chi connectivity index (χ4v) is 3.55. The Kier molecular flexibility index (Phi) is 4.53. The summed E-state index contributed by atoms with van der Waals surface area (Å²) in [5.74, 6) is 0.489. The van der Waals surface area contributed by atoms with Crippen LogP contribution in [0.3, 0.4) is 0 Å². The van der Waals surface area contributed by atoms with Crippen LogP contribution in [-0.2, 0) is 6.54 Å². The van der Waals surface area contributed by atoms with Crippen molar-refractivity contribution >= 4 is 33.4 Å². The molecule has 1 saturated heterocycles. The molecule has 0 aromatic carbocycles. The van der Waals surface area contributed by atoms with E-state index in [1.165, 1.54) is 0 Å². The smallest absolute Gasteiger partial charge is 0.257 e. The lowest BCUT2D eigenvalue weighted by atomic mass is 10.2. The number of thiophene rings is 1. The third-order valence-corrected chi connectivity index (χ3v) is 4.97. The van der Waals surface area contributed by atoms with Gasteiger partial charge in [-0.15, -0.1) is 11.3 Å². The zero-order valence-corrected chi connectivity index (χ0v) is 14.4. The van der Waals surface area contributed by atoms with Crippen molar-refractivity contribution in [2.45, 2.75) is 6.54 Å². The van der Waals surface area contributed by atoms with Gasteiger partial charge in [-0.05, 0) is 23.1 Å². The molecule has 0 aliphatic carbocycles. The van der Waals surface area contributed by atoms with Crippen molar-refractivity contribution in [2.24, 2.45) is 0 Å². The monoisotopic (exact) mass is 354 g/mol. The molecule has 0 unspecified atom stereocenters. The van der Waals surface area contributed by atoms with Crippen molar-refractivity contribution in [2.75, 3.05) is 31.5 Å². The zero-order chi connectivity index (χ0) is 17.1. The van der Waals surface area contributed by atoms with Crippen LogP contribution >= 0.6 is 11.3 Å². The largest absolute Gasteiger partial charge is 0.350 e. The first-order chi connectivity index (χ1) is 12.3. The summed E-state index contributed by atoms with van der Waals surface area (Å²) in [5, 5.41) is 8.44. The summed E-state index contributed by atoms with van der Waals surface area (Å²) in [6.07, 6.45) is 5.02. The van der Waals surface area contributed by atoms with E-state index in [2.05, 4.69) is 31.7 Å². The molecule has 0 radical (unpaired) electrons. The first-order valence-corrected chi connectivity index (χ1v) is 9.05. The van der Waals surface area contributed by atoms with Crippen molar-refractivity contribution in [1.29, 1.82) is 0 Å². The standard InChI is InChI=1S/C17H18N6OS/c24-16(23-4-2-18-3-5-23)13-10-21-17(22-11-13)20-9-12-7-15-14(19-8-12)1-6-25-15/h1,6-8,10-11,18H,2-5,9H2,(H,20,21,22). The quantitative estimate of drug-likeness (QED) is 0.743. The normalized spacial score (nSPS) is 14.6. The lowest BCUT2D eigenvalue weighted by Crippen LogP contribution is -2.46. The molecule has 3 aromatic heterocycles. The minimum atomic E-state index is -0.0135. The number of aromatic nitrogens is 3. The SMILES string of the molecule is O=C(c1cnc(NCc2cnc3ccsc3c2)nc1)N1CCNCC1. The number of nitrogens with one attached hydrogen (secondary N) is 2. The topological polar surface area (TPSA) is 83.0 Å². The summed E-state index contributed by atoms with van der Waals surface area (Å²) in [5.41, 5.74) is 2.61. The summed E-state index contributed by atoms with van der Waals surface area (Å²) in [6, 6.07) is 4.12. The Morgan fingerprint density at radius 3 is 2.80 bits per heavy atom. The molecule has 0 bridgehead atoms. The highest BCUT2D eigenvalue weighted by Gasteiger charge is 2.18. The maximum Gasteiger partial charge on any atom is 0.257 e. The van der Waals surface area contributed by atoms with Gasteiger partial charge in [-0.25, -0.2) is 9.97 Å². The molecule has 4 rings (SSSR count). The minimum Gasteiger partial charge on any atom is -0.350 e. The van der Waals surface area contributed by atoms with E-state index in [0.29, 0.717) is 18.1 Å². The molecule has 3 aromatic rings. The van der Waals surface area contributed by atoms with E-state index < -0.39 is 0 Å². The van der Waals surface area contributed by atoms with Gasteiger partial charge < -0.3 is 15.5 Å². The molecule has 0 atom stereocenters. The predicted molar refractivity (Wildman–Crippen MR) is 97.8 cm³/mol. The van der Waals surface area contributed by atoms with Crippen LogP contribution in [0.15, 0.2) is 36.1 Å². The second kappa shape index (κ2) is 7.12. The number of piperazine rings is 1. The van der Waals surface area contributed by atoms with Gasteiger partial charge in [0.25, 0.3) is 5.91 Å². The van der Waals surface area contributed by atoms with Crippen LogP contribution in [0.2, 0.25) is 0 Å². The number of anilines is 1. The summed E-state index contributed by atoms with van der Waals surface area (Å²) in [6.45, 7) is 3.68. The first-order valence-electron chi connectivity index (χ1n) is 8.18. The molecule has 0 saturated carbocycles. The van der Waals surface area contributed by atoms with Crippen molar-refractivity contribution in [3.63, 3.8) is 0 Å². The molecule has 1 aliphatic heterocycles. The molecule has 128 valence electrons. The van der Waals surface area contributed by atoms with Gasteiger partial charge in [0.2, 0.25) is 5.95 Å². The summed E-state index contributed by atoms with van der Waals surface area (Å²) in [4.78, 5) is 27.1. The molecule has 0 spiro atoms. The maximum atomic E-state index is 12.4. The Hall–Kier alpha value is -2.58. The lowest BCUT2D eigenvalue weighted by Gasteiger charge is -2.27. The van der Waals surface area contributed by atoms with Crippen molar-refractivity contribution < 1.29 is 4.79 Å². The van der Waals surface area contributed by atoms with Gasteiger partial charge in [0.15, 0.2) is 0 Å². The molecular weight excluding hydrogens is 336 g/mol. The van der Waals surface area contributed by atoms with Crippen LogP contribution < -0.4 is 10.6 Å². The fraction of sp³-hybridized carbons (Fsp3) is 0.294. The van der Waals surface area contributed by atoms with Crippen LogP contribution in [0.25, 0.3) is 10.2 Å². The second-order valence-electron chi connectivity index (χ2n) is 5.84. The average Bonchev–Trinajstić information content (AvgIpc) is 3.15. The Labute approximate surface area is 149 Å². The number of hydrogen-bond donors (Lipinski definition) is 2. The van der Waals surface area contributed by atoms with Crippen molar-refractivity contribution in [3.05, 3.63) is 47.2 Å². The van der Waals surface area contributed by atoms with Gasteiger partial charge in [-0.1, -0.05) is 0 Å². The van der Waals surface area contributed by atoms with E-state index in [0.717, 1.165) is 42.0 Å². The number of nitrogens with zero attached hydrogens (tertiary/aromatic N) is 4. The molecule has 7 nitrogen and oxygen atoms in total. The van der Waals surface area contributed by atoms with Crippen molar-refractivity contribution in [1.82, 2.24) is 25.2 Å². The van der Waals surface area contributed by atoms with E-state index in [4.69, 9.17) is 0 Å². The molecule has 2 N–H and O–H groups in total. The number of hydrogen-bond acceptors (Lipinski definition) is 7. The molecular formula is C17H18N6OS. The second-order valence-corrected chi connectivity index (χ2v) is 6.79. The zero-order valence-electron chi connectivity index (χ0n) is 13.6. The van der Waals surface area contributed by atoms with Gasteiger partial charge in [0, 0.05) is 51.3 Å². The third-order valence-electron chi connectivity index (χ3n) is 4.11. The Bertz CT molecular complexity index is 872.